The van der Waals surface area contributed by atoms with Gasteiger partial charge in [-0.15, -0.1) is 0 Å². The van der Waals surface area contributed by atoms with Gasteiger partial charge in [-0.25, -0.2) is 4.79 Å². The van der Waals surface area contributed by atoms with Crippen molar-refractivity contribution in [2.24, 2.45) is 0 Å². The molecular weight excluding hydrogens is 160 g/mol. The number of aliphatic hydroxyl groups excluding tert-OH is 1. The zero-order chi connectivity index (χ0) is 7.11. The van der Waals surface area contributed by atoms with E-state index in [0.717, 1.165) is 10.8 Å². The number of aliphatic hydroxyl groups is 1. The zero-order valence-electron chi connectivity index (χ0n) is 4.99. The molecule has 0 atom stereocenters. The quantitative estimate of drug-likeness (QED) is 0.389. The van der Waals surface area contributed by atoms with Crippen LogP contribution in [0.1, 0.15) is 0 Å². The van der Waals surface area contributed by atoms with Crippen LogP contribution in [0, 0.1) is 0 Å². The number of hydrogen-bond acceptors (Lipinski definition) is 5. The lowest BCUT2D eigenvalue weighted by Gasteiger charge is -1.94. The van der Waals surface area contributed by atoms with Crippen LogP contribution in [0.3, 0.4) is 0 Å². The minimum atomic E-state index is -0.326. The van der Waals surface area contributed by atoms with Crippen molar-refractivity contribution in [3.05, 3.63) is 0 Å². The third-order valence-electron chi connectivity index (χ3n) is 0.468. The minimum Gasteiger partial charge on any atom is -0.460 e. The van der Waals surface area contributed by atoms with Crippen LogP contribution in [0.25, 0.3) is 0 Å². The Morgan fingerprint density at radius 2 is 2.44 bits per heavy atom. The average Bonchev–Trinajstić information content (AvgIpc) is 1.89. The van der Waals surface area contributed by atoms with E-state index in [0.29, 0.717) is 5.75 Å². The highest BCUT2D eigenvalue weighted by Crippen LogP contribution is 2.21. The summed E-state index contributed by atoms with van der Waals surface area (Å²) in [5.41, 5.74) is 0. The van der Waals surface area contributed by atoms with Gasteiger partial charge in [0, 0.05) is 16.5 Å². The molecule has 5 heteroatoms. The fraction of sp³-hybridized carbons (Fsp3) is 0.750. The summed E-state index contributed by atoms with van der Waals surface area (Å²) in [6, 6.07) is 0. The standard InChI is InChI=1S/C4H8O3S2/c1-7-4(6)9-8-3-2-5/h5H,2-3H2,1H3. The Hall–Kier alpha value is 0.130. The number of carbonyl (C=O) groups excluding carboxylic acids is 1. The Bertz CT molecular complexity index is 85.9. The van der Waals surface area contributed by atoms with Crippen molar-refractivity contribution >= 4 is 26.9 Å². The molecule has 0 spiro atoms. The second kappa shape index (κ2) is 6.25. The molecule has 0 aliphatic heterocycles. The molecule has 0 heterocycles. The minimum absolute atomic E-state index is 0.0919. The van der Waals surface area contributed by atoms with E-state index in [1.165, 1.54) is 17.9 Å². The number of carbonyl (C=O) groups is 1. The van der Waals surface area contributed by atoms with Gasteiger partial charge in [-0.05, 0) is 0 Å². The van der Waals surface area contributed by atoms with E-state index >= 15 is 0 Å². The van der Waals surface area contributed by atoms with Gasteiger partial charge in [-0.1, -0.05) is 10.8 Å². The van der Waals surface area contributed by atoms with E-state index in [1.807, 2.05) is 0 Å². The lowest BCUT2D eigenvalue weighted by atomic mass is 10.9. The van der Waals surface area contributed by atoms with Gasteiger partial charge in [0.2, 0.25) is 0 Å². The van der Waals surface area contributed by atoms with Crippen LogP contribution in [0.5, 0.6) is 0 Å². The largest absolute Gasteiger partial charge is 0.460 e. The zero-order valence-corrected chi connectivity index (χ0v) is 6.63. The van der Waals surface area contributed by atoms with Gasteiger partial charge in [0.15, 0.2) is 0 Å². The number of methoxy groups -OCH3 is 1. The molecule has 0 aromatic rings. The fourth-order valence-corrected chi connectivity index (χ4v) is 1.45. The molecule has 0 rings (SSSR count). The van der Waals surface area contributed by atoms with Crippen LogP contribution in [0.4, 0.5) is 4.79 Å². The first-order chi connectivity index (χ1) is 4.31. The van der Waals surface area contributed by atoms with Gasteiger partial charge in [0.05, 0.1) is 13.7 Å². The molecule has 0 aromatic heterocycles. The summed E-state index contributed by atoms with van der Waals surface area (Å²) in [6.45, 7) is 0.0919. The van der Waals surface area contributed by atoms with Crippen LogP contribution >= 0.6 is 21.6 Å². The third-order valence-corrected chi connectivity index (χ3v) is 2.50. The van der Waals surface area contributed by atoms with Crippen molar-refractivity contribution < 1.29 is 14.6 Å². The van der Waals surface area contributed by atoms with Gasteiger partial charge in [-0.2, -0.15) is 0 Å². The van der Waals surface area contributed by atoms with Crippen molar-refractivity contribution in [2.75, 3.05) is 19.5 Å². The maximum atomic E-state index is 10.3. The van der Waals surface area contributed by atoms with Crippen molar-refractivity contribution in [1.29, 1.82) is 0 Å². The van der Waals surface area contributed by atoms with Gasteiger partial charge in [0.1, 0.15) is 0 Å². The molecular formula is C4H8O3S2. The van der Waals surface area contributed by atoms with E-state index in [1.54, 1.807) is 0 Å². The lowest BCUT2D eigenvalue weighted by Crippen LogP contribution is -1.89. The molecule has 0 amide bonds. The number of hydrogen-bond donors (Lipinski definition) is 1. The summed E-state index contributed by atoms with van der Waals surface area (Å²) in [6.07, 6.45) is 0. The summed E-state index contributed by atoms with van der Waals surface area (Å²) in [5.74, 6) is 0.555. The van der Waals surface area contributed by atoms with Gasteiger partial charge in [0.25, 0.3) is 0 Å². The van der Waals surface area contributed by atoms with E-state index in [4.69, 9.17) is 5.11 Å². The van der Waals surface area contributed by atoms with Crippen LogP contribution in [-0.4, -0.2) is 29.9 Å². The molecule has 0 radical (unpaired) electrons. The Morgan fingerprint density at radius 3 is 2.89 bits per heavy atom. The first-order valence-corrected chi connectivity index (χ1v) is 4.61. The number of rotatable bonds is 3. The first-order valence-electron chi connectivity index (χ1n) is 2.29. The molecule has 0 aliphatic rings. The summed E-state index contributed by atoms with van der Waals surface area (Å²) >= 11 is 0. The van der Waals surface area contributed by atoms with Crippen LogP contribution in [0.15, 0.2) is 0 Å². The Kier molecular flexibility index (Phi) is 6.34. The molecule has 0 bridgehead atoms. The van der Waals surface area contributed by atoms with Gasteiger partial charge < -0.3 is 9.84 Å². The predicted molar refractivity (Wildman–Crippen MR) is 39.5 cm³/mol. The summed E-state index contributed by atoms with van der Waals surface area (Å²) < 4.78 is 4.32. The van der Waals surface area contributed by atoms with E-state index in [9.17, 15) is 4.79 Å². The molecule has 9 heavy (non-hydrogen) atoms. The Labute approximate surface area is 61.5 Å². The fourth-order valence-electron chi connectivity index (χ4n) is 0.161. The maximum absolute atomic E-state index is 10.3. The maximum Gasteiger partial charge on any atom is 0.377 e. The van der Waals surface area contributed by atoms with Crippen LogP contribution < -0.4 is 0 Å². The molecule has 0 unspecified atom stereocenters. The second-order valence-corrected chi connectivity index (χ2v) is 3.43. The third kappa shape index (κ3) is 6.01. The molecule has 0 saturated heterocycles. The van der Waals surface area contributed by atoms with E-state index in [2.05, 4.69) is 4.74 Å². The van der Waals surface area contributed by atoms with Crippen molar-refractivity contribution in [3.63, 3.8) is 0 Å². The summed E-state index contributed by atoms with van der Waals surface area (Å²) in [4.78, 5) is 10.3. The molecule has 0 aromatic carbocycles. The molecule has 0 aliphatic carbocycles. The highest BCUT2D eigenvalue weighted by Gasteiger charge is 1.98. The van der Waals surface area contributed by atoms with E-state index in [-0.39, 0.29) is 11.9 Å². The average molecular weight is 168 g/mol. The monoisotopic (exact) mass is 168 g/mol. The molecule has 54 valence electrons. The Balaban J connectivity index is 2.97. The Morgan fingerprint density at radius 1 is 1.78 bits per heavy atom. The van der Waals surface area contributed by atoms with Crippen LogP contribution in [0.2, 0.25) is 0 Å². The molecule has 3 nitrogen and oxygen atoms in total. The first kappa shape index (κ1) is 9.13. The smallest absolute Gasteiger partial charge is 0.377 e. The SMILES string of the molecule is COC(=O)SSCCO. The highest BCUT2D eigenvalue weighted by atomic mass is 33.1. The lowest BCUT2D eigenvalue weighted by molar-refractivity contribution is 0.200. The number of ether oxygens (including phenoxy) is 1. The van der Waals surface area contributed by atoms with Gasteiger partial charge in [-0.3, -0.25) is 0 Å². The van der Waals surface area contributed by atoms with Crippen LogP contribution in [-0.2, 0) is 4.74 Å². The summed E-state index contributed by atoms with van der Waals surface area (Å²) in [5, 5.41) is 7.94. The van der Waals surface area contributed by atoms with Gasteiger partial charge >= 0.3 is 5.30 Å². The van der Waals surface area contributed by atoms with Crippen molar-refractivity contribution in [1.82, 2.24) is 0 Å². The second-order valence-electron chi connectivity index (χ2n) is 1.08. The van der Waals surface area contributed by atoms with Crippen molar-refractivity contribution in [2.45, 2.75) is 0 Å². The van der Waals surface area contributed by atoms with Crippen molar-refractivity contribution in [3.8, 4) is 0 Å². The topological polar surface area (TPSA) is 46.5 Å². The van der Waals surface area contributed by atoms with E-state index < -0.39 is 0 Å². The molecule has 1 N–H and O–H groups in total. The molecule has 0 fully saturated rings. The summed E-state index contributed by atoms with van der Waals surface area (Å²) in [7, 11) is 3.60. The predicted octanol–water partition coefficient (Wildman–Crippen LogP) is 1.13. The highest BCUT2D eigenvalue weighted by molar-refractivity contribution is 8.82. The normalized spacial score (nSPS) is 9.11. The molecule has 0 saturated carbocycles.